The molecule has 1 saturated carbocycles. The quantitative estimate of drug-likeness (QED) is 0.880. The lowest BCUT2D eigenvalue weighted by atomic mass is 9.64. The van der Waals surface area contributed by atoms with Gasteiger partial charge in [0.25, 0.3) is 5.92 Å². The Morgan fingerprint density at radius 3 is 2.12 bits per heavy atom. The van der Waals surface area contributed by atoms with Crippen LogP contribution in [0.25, 0.3) is 0 Å². The number of aliphatic carboxylic acids is 1. The first kappa shape index (κ1) is 12.0. The van der Waals surface area contributed by atoms with Crippen molar-refractivity contribution in [2.24, 2.45) is 0 Å². The topological polar surface area (TPSA) is 37.3 Å². The van der Waals surface area contributed by atoms with Crippen LogP contribution in [0.4, 0.5) is 8.78 Å². The van der Waals surface area contributed by atoms with Crippen LogP contribution in [-0.2, 0) is 16.1 Å². The molecule has 0 unspecified atom stereocenters. The summed E-state index contributed by atoms with van der Waals surface area (Å²) in [6.07, 6.45) is 2.05. The summed E-state index contributed by atoms with van der Waals surface area (Å²) in [7, 11) is 0. The number of hydrogen-bond donors (Lipinski definition) is 1. The molecule has 1 aliphatic rings. The van der Waals surface area contributed by atoms with E-state index in [2.05, 4.69) is 0 Å². The number of rotatable bonds is 3. The third kappa shape index (κ3) is 1.92. The summed E-state index contributed by atoms with van der Waals surface area (Å²) in [4.78, 5) is 11.2. The maximum Gasteiger partial charge on any atom is 0.314 e. The van der Waals surface area contributed by atoms with E-state index < -0.39 is 17.3 Å². The van der Waals surface area contributed by atoms with Crippen LogP contribution in [0.15, 0.2) is 24.3 Å². The molecule has 2 rings (SSSR count). The number of hydrogen-bond acceptors (Lipinski definition) is 1. The molecule has 2 nitrogen and oxygen atoms in total. The Labute approximate surface area is 98.3 Å². The fourth-order valence-corrected chi connectivity index (χ4v) is 2.24. The lowest BCUT2D eigenvalue weighted by Crippen LogP contribution is -2.42. The summed E-state index contributed by atoms with van der Waals surface area (Å²) >= 11 is 0. The van der Waals surface area contributed by atoms with Crippen molar-refractivity contribution in [1.82, 2.24) is 0 Å². The summed E-state index contributed by atoms with van der Waals surface area (Å²) in [5, 5.41) is 9.22. The van der Waals surface area contributed by atoms with E-state index in [9.17, 15) is 18.7 Å². The summed E-state index contributed by atoms with van der Waals surface area (Å²) in [6, 6.07) is 5.66. The van der Waals surface area contributed by atoms with E-state index in [1.54, 1.807) is 0 Å². The average molecular weight is 240 g/mol. The first-order chi connectivity index (χ1) is 7.86. The van der Waals surface area contributed by atoms with Gasteiger partial charge < -0.3 is 5.11 Å². The van der Waals surface area contributed by atoms with Gasteiger partial charge in [-0.25, -0.2) is 8.78 Å². The Morgan fingerprint density at radius 1 is 1.29 bits per heavy atom. The van der Waals surface area contributed by atoms with Gasteiger partial charge in [0.1, 0.15) is 0 Å². The summed E-state index contributed by atoms with van der Waals surface area (Å²) < 4.78 is 26.0. The molecular formula is C13H14F2O2. The molecule has 0 aliphatic heterocycles. The first-order valence-corrected chi connectivity index (χ1v) is 5.58. The zero-order valence-electron chi connectivity index (χ0n) is 9.54. The van der Waals surface area contributed by atoms with E-state index in [4.69, 9.17) is 0 Å². The lowest BCUT2D eigenvalue weighted by Gasteiger charge is -2.38. The molecule has 0 amide bonds. The predicted octanol–water partition coefficient (Wildman–Crippen LogP) is 3.30. The van der Waals surface area contributed by atoms with Crippen molar-refractivity contribution in [2.45, 2.75) is 37.5 Å². The Kier molecular flexibility index (Phi) is 2.68. The highest BCUT2D eigenvalue weighted by molar-refractivity contribution is 5.82. The highest BCUT2D eigenvalue weighted by Gasteiger charge is 2.45. The van der Waals surface area contributed by atoms with Crippen LogP contribution < -0.4 is 0 Å². The number of alkyl halides is 2. The summed E-state index contributed by atoms with van der Waals surface area (Å²) in [5.41, 5.74) is -0.299. The molecule has 0 radical (unpaired) electrons. The van der Waals surface area contributed by atoms with E-state index in [-0.39, 0.29) is 5.56 Å². The van der Waals surface area contributed by atoms with Gasteiger partial charge in [0.15, 0.2) is 0 Å². The zero-order valence-corrected chi connectivity index (χ0v) is 9.54. The molecule has 92 valence electrons. The van der Waals surface area contributed by atoms with Crippen molar-refractivity contribution in [3.63, 3.8) is 0 Å². The lowest BCUT2D eigenvalue weighted by molar-refractivity contribution is -0.147. The third-order valence-corrected chi connectivity index (χ3v) is 3.56. The minimum absolute atomic E-state index is 0.0823. The van der Waals surface area contributed by atoms with Gasteiger partial charge in [0.05, 0.1) is 5.41 Å². The normalized spacial score (nSPS) is 18.5. The van der Waals surface area contributed by atoms with Gasteiger partial charge in [-0.1, -0.05) is 30.7 Å². The molecule has 0 heterocycles. The van der Waals surface area contributed by atoms with Crippen molar-refractivity contribution < 1.29 is 18.7 Å². The van der Waals surface area contributed by atoms with Gasteiger partial charge in [-0.15, -0.1) is 0 Å². The van der Waals surface area contributed by atoms with Gasteiger partial charge in [-0.2, -0.15) is 0 Å². The fraction of sp³-hybridized carbons (Fsp3) is 0.462. The highest BCUT2D eigenvalue weighted by atomic mass is 19.3. The van der Waals surface area contributed by atoms with Crippen LogP contribution in [-0.4, -0.2) is 11.1 Å². The van der Waals surface area contributed by atoms with E-state index in [0.29, 0.717) is 18.4 Å². The van der Waals surface area contributed by atoms with Crippen LogP contribution in [0.2, 0.25) is 0 Å². The predicted molar refractivity (Wildman–Crippen MR) is 59.2 cm³/mol. The largest absolute Gasteiger partial charge is 0.481 e. The number of carboxylic acid groups (broad SMARTS) is 1. The van der Waals surface area contributed by atoms with E-state index >= 15 is 0 Å². The molecule has 1 aromatic carbocycles. The molecule has 1 N–H and O–H groups in total. The van der Waals surface area contributed by atoms with Crippen LogP contribution in [0.3, 0.4) is 0 Å². The van der Waals surface area contributed by atoms with Gasteiger partial charge in [-0.05, 0) is 18.4 Å². The second-order valence-electron chi connectivity index (χ2n) is 4.71. The van der Waals surface area contributed by atoms with Crippen molar-refractivity contribution in [3.8, 4) is 0 Å². The van der Waals surface area contributed by atoms with Crippen LogP contribution >= 0.6 is 0 Å². The monoisotopic (exact) mass is 240 g/mol. The first-order valence-electron chi connectivity index (χ1n) is 5.58. The molecule has 17 heavy (non-hydrogen) atoms. The zero-order chi connectivity index (χ0) is 12.7. The van der Waals surface area contributed by atoms with Gasteiger partial charge in [0.2, 0.25) is 0 Å². The molecule has 0 atom stereocenters. The number of carbonyl (C=O) groups is 1. The highest BCUT2D eigenvalue weighted by Crippen LogP contribution is 2.44. The van der Waals surface area contributed by atoms with Crippen LogP contribution in [0, 0.1) is 0 Å². The standard InChI is InChI=1S/C13H14F2O2/c1-12(14,15)9-3-5-10(6-4-9)13(11(16)17)7-2-8-13/h3-6H,2,7-8H2,1H3,(H,16,17). The molecule has 4 heteroatoms. The second-order valence-corrected chi connectivity index (χ2v) is 4.71. The number of halogens is 2. The Balaban J connectivity index is 2.32. The van der Waals surface area contributed by atoms with Gasteiger partial charge in [0, 0.05) is 12.5 Å². The SMILES string of the molecule is CC(F)(F)c1ccc(C2(C(=O)O)CCC2)cc1. The molecule has 0 bridgehead atoms. The van der Waals surface area contributed by atoms with E-state index in [1.807, 2.05) is 0 Å². The van der Waals surface area contributed by atoms with Gasteiger partial charge in [-0.3, -0.25) is 4.79 Å². The summed E-state index contributed by atoms with van der Waals surface area (Å²) in [5.74, 6) is -3.74. The van der Waals surface area contributed by atoms with E-state index in [1.165, 1.54) is 24.3 Å². The summed E-state index contributed by atoms with van der Waals surface area (Å²) in [6.45, 7) is 0.832. The molecule has 1 fully saturated rings. The van der Waals surface area contributed by atoms with Gasteiger partial charge >= 0.3 is 5.97 Å². The maximum absolute atomic E-state index is 13.0. The molecular weight excluding hydrogens is 226 g/mol. The molecule has 0 aromatic heterocycles. The average Bonchev–Trinajstić information content (AvgIpc) is 2.14. The van der Waals surface area contributed by atoms with Crippen molar-refractivity contribution in [2.75, 3.05) is 0 Å². The minimum Gasteiger partial charge on any atom is -0.481 e. The maximum atomic E-state index is 13.0. The Hall–Kier alpha value is -1.45. The van der Waals surface area contributed by atoms with Crippen LogP contribution in [0.1, 0.15) is 37.3 Å². The van der Waals surface area contributed by atoms with Crippen molar-refractivity contribution in [1.29, 1.82) is 0 Å². The third-order valence-electron chi connectivity index (χ3n) is 3.56. The molecule has 0 saturated heterocycles. The smallest absolute Gasteiger partial charge is 0.314 e. The Morgan fingerprint density at radius 2 is 1.82 bits per heavy atom. The Bertz CT molecular complexity index is 428. The molecule has 1 aliphatic carbocycles. The number of carboxylic acids is 1. The van der Waals surface area contributed by atoms with Crippen LogP contribution in [0.5, 0.6) is 0 Å². The minimum atomic E-state index is -2.88. The fourth-order valence-electron chi connectivity index (χ4n) is 2.24. The number of benzene rings is 1. The van der Waals surface area contributed by atoms with Crippen molar-refractivity contribution in [3.05, 3.63) is 35.4 Å². The van der Waals surface area contributed by atoms with E-state index in [0.717, 1.165) is 13.3 Å². The van der Waals surface area contributed by atoms with Crippen molar-refractivity contribution >= 4 is 5.97 Å². The molecule has 0 spiro atoms. The molecule has 1 aromatic rings. The second kappa shape index (κ2) is 3.79.